The average molecular weight is 580 g/mol. The second kappa shape index (κ2) is 12.8. The first-order valence-electron chi connectivity index (χ1n) is 12.9. The maximum Gasteiger partial charge on any atom is 0.229 e. The number of fused-ring (bicyclic) bond motifs is 1. The van der Waals surface area contributed by atoms with Gasteiger partial charge in [0, 0.05) is 29.6 Å². The van der Waals surface area contributed by atoms with Crippen LogP contribution >= 0.6 is 0 Å². The van der Waals surface area contributed by atoms with Gasteiger partial charge >= 0.3 is 0 Å². The molecule has 0 spiro atoms. The molecule has 3 aromatic rings. The summed E-state index contributed by atoms with van der Waals surface area (Å²) >= 11 is 0. The number of ether oxygens (including phenoxy) is 1. The first kappa shape index (κ1) is 30.5. The summed E-state index contributed by atoms with van der Waals surface area (Å²) in [5.41, 5.74) is 1.47. The molecular weight excluding hydrogens is 542 g/mol. The number of carbonyl (C=O) groups excluding carboxylic acids is 1. The Morgan fingerprint density at radius 1 is 0.949 bits per heavy atom. The third-order valence-corrected chi connectivity index (χ3v) is 7.34. The molecule has 2 N–H and O–H groups in total. The van der Waals surface area contributed by atoms with E-state index in [4.69, 9.17) is 9.15 Å². The van der Waals surface area contributed by atoms with E-state index in [1.165, 1.54) is 6.07 Å². The minimum atomic E-state index is -3.66. The molecule has 0 aliphatic heterocycles. The van der Waals surface area contributed by atoms with Crippen molar-refractivity contribution in [3.05, 3.63) is 53.3 Å². The van der Waals surface area contributed by atoms with Crippen LogP contribution in [-0.4, -0.2) is 66.3 Å². The molecule has 1 heterocycles. The van der Waals surface area contributed by atoms with Gasteiger partial charge in [-0.1, -0.05) is 27.2 Å². The molecule has 0 radical (unpaired) electrons. The molecule has 3 rings (SSSR count). The summed E-state index contributed by atoms with van der Waals surface area (Å²) in [5, 5.41) is 0.469. The molecule has 0 fully saturated rings. The second-order valence-electron chi connectivity index (χ2n) is 9.38. The number of rotatable bonds is 15. The number of sulfonamides is 2. The molecule has 214 valence electrons. The predicted molar refractivity (Wildman–Crippen MR) is 155 cm³/mol. The Kier molecular flexibility index (Phi) is 10.0. The number of carbonyl (C=O) groups is 1. The molecule has 10 nitrogen and oxygen atoms in total. The number of hydrogen-bond donors (Lipinski definition) is 2. The summed E-state index contributed by atoms with van der Waals surface area (Å²) in [7, 11) is -7.19. The fraction of sp³-hybridized carbons (Fsp3) is 0.444. The number of nitrogens with one attached hydrogen (secondary N) is 2. The van der Waals surface area contributed by atoms with E-state index in [0.717, 1.165) is 38.4 Å². The van der Waals surface area contributed by atoms with E-state index in [9.17, 15) is 21.6 Å². The summed E-state index contributed by atoms with van der Waals surface area (Å²) in [4.78, 5) is 16.1. The Labute approximate surface area is 230 Å². The highest BCUT2D eigenvalue weighted by Crippen LogP contribution is 2.34. The number of anilines is 2. The van der Waals surface area contributed by atoms with Crippen molar-refractivity contribution in [1.29, 1.82) is 0 Å². The maximum atomic E-state index is 13.9. The summed E-state index contributed by atoms with van der Waals surface area (Å²) in [6.07, 6.45) is 4.27. The lowest BCUT2D eigenvalue weighted by Gasteiger charge is -2.19. The summed E-state index contributed by atoms with van der Waals surface area (Å²) in [6, 6.07) is 9.39. The van der Waals surface area contributed by atoms with Crippen LogP contribution in [0.15, 0.2) is 40.8 Å². The SMILES string of the molecule is CCCCc1oc2ccc(NS(C)(=O)=O)cc2c1C(=O)c1ccc(OCCN(CC)CC)c(NS(C)(=O)=O)c1. The number of hydrogen-bond acceptors (Lipinski definition) is 8. The fourth-order valence-electron chi connectivity index (χ4n) is 4.23. The Balaban J connectivity index is 2.05. The number of unbranched alkanes of at least 4 members (excludes halogenated alkanes) is 1. The standard InChI is InChI=1S/C27H37N3O7S2/c1-6-9-10-25-26(21-18-20(28-38(4,32)33)12-14-23(21)37-25)27(31)19-11-13-24(22(17-19)29-39(5,34)35)36-16-15-30(7-2)8-3/h11-14,17-18,28-29H,6-10,15-16H2,1-5H3. The molecule has 0 unspecified atom stereocenters. The van der Waals surface area contributed by atoms with Gasteiger partial charge < -0.3 is 14.1 Å². The minimum Gasteiger partial charge on any atom is -0.490 e. The van der Waals surface area contributed by atoms with Gasteiger partial charge in [0.05, 0.1) is 23.8 Å². The van der Waals surface area contributed by atoms with Crippen molar-refractivity contribution in [3.63, 3.8) is 0 Å². The van der Waals surface area contributed by atoms with Crippen LogP contribution in [0.4, 0.5) is 11.4 Å². The Morgan fingerprint density at radius 2 is 1.64 bits per heavy atom. The van der Waals surface area contributed by atoms with Gasteiger partial charge in [0.1, 0.15) is 23.7 Å². The average Bonchev–Trinajstić information content (AvgIpc) is 3.21. The molecule has 2 aromatic carbocycles. The maximum absolute atomic E-state index is 13.9. The van der Waals surface area contributed by atoms with E-state index in [2.05, 4.69) is 28.2 Å². The van der Waals surface area contributed by atoms with E-state index < -0.39 is 20.0 Å². The molecule has 0 aliphatic carbocycles. The number of nitrogens with zero attached hydrogens (tertiary/aromatic N) is 1. The van der Waals surface area contributed by atoms with Gasteiger partial charge in [-0.2, -0.15) is 0 Å². The lowest BCUT2D eigenvalue weighted by atomic mass is 9.97. The molecule has 0 amide bonds. The number of ketones is 1. The highest BCUT2D eigenvalue weighted by molar-refractivity contribution is 7.92. The molecule has 0 atom stereocenters. The number of likely N-dealkylation sites (N-methyl/N-ethyl adjacent to an activating group) is 1. The quantitative estimate of drug-likeness (QED) is 0.252. The zero-order chi connectivity index (χ0) is 28.8. The molecule has 39 heavy (non-hydrogen) atoms. The molecule has 1 aromatic heterocycles. The van der Waals surface area contributed by atoms with E-state index in [0.29, 0.717) is 53.3 Å². The van der Waals surface area contributed by atoms with Gasteiger partial charge in [0.2, 0.25) is 20.0 Å². The molecule has 0 saturated carbocycles. The van der Waals surface area contributed by atoms with E-state index in [-0.39, 0.29) is 17.0 Å². The van der Waals surface area contributed by atoms with Crippen molar-refractivity contribution < 1.29 is 30.8 Å². The lowest BCUT2D eigenvalue weighted by molar-refractivity contribution is 0.103. The van der Waals surface area contributed by atoms with E-state index in [1.807, 2.05) is 6.92 Å². The van der Waals surface area contributed by atoms with Crippen molar-refractivity contribution >= 4 is 48.2 Å². The largest absolute Gasteiger partial charge is 0.490 e. The first-order chi connectivity index (χ1) is 18.3. The first-order valence-corrected chi connectivity index (χ1v) is 16.7. The van der Waals surface area contributed by atoms with Gasteiger partial charge in [-0.05, 0) is 55.9 Å². The number of benzene rings is 2. The third-order valence-electron chi connectivity index (χ3n) is 6.15. The molecular formula is C27H37N3O7S2. The normalized spacial score (nSPS) is 12.2. The lowest BCUT2D eigenvalue weighted by Crippen LogP contribution is -2.28. The molecule has 12 heteroatoms. The zero-order valence-electron chi connectivity index (χ0n) is 23.0. The van der Waals surface area contributed by atoms with Crippen LogP contribution in [-0.2, 0) is 26.5 Å². The summed E-state index contributed by atoms with van der Waals surface area (Å²) in [5.74, 6) is 0.431. The van der Waals surface area contributed by atoms with Crippen LogP contribution in [0.1, 0.15) is 55.3 Å². The fourth-order valence-corrected chi connectivity index (χ4v) is 5.35. The van der Waals surface area contributed by atoms with Crippen LogP contribution in [0.5, 0.6) is 5.75 Å². The molecule has 0 saturated heterocycles. The topological polar surface area (TPSA) is 135 Å². The monoisotopic (exact) mass is 579 g/mol. The second-order valence-corrected chi connectivity index (χ2v) is 12.9. The van der Waals surface area contributed by atoms with Crippen LogP contribution in [0.2, 0.25) is 0 Å². The Hall–Kier alpha value is -3.09. The summed E-state index contributed by atoms with van der Waals surface area (Å²) in [6.45, 7) is 8.86. The van der Waals surface area contributed by atoms with Crippen LogP contribution in [0.25, 0.3) is 11.0 Å². The highest BCUT2D eigenvalue weighted by atomic mass is 32.2. The Bertz CT molecular complexity index is 1530. The van der Waals surface area contributed by atoms with Gasteiger partial charge in [0.15, 0.2) is 5.78 Å². The van der Waals surface area contributed by atoms with Crippen molar-refractivity contribution in [1.82, 2.24) is 4.90 Å². The third kappa shape index (κ3) is 8.45. The number of furan rings is 1. The van der Waals surface area contributed by atoms with Gasteiger partial charge in [0.25, 0.3) is 0 Å². The van der Waals surface area contributed by atoms with E-state index in [1.54, 1.807) is 30.3 Å². The van der Waals surface area contributed by atoms with Crippen molar-refractivity contribution in [2.75, 3.05) is 48.2 Å². The van der Waals surface area contributed by atoms with E-state index >= 15 is 0 Å². The van der Waals surface area contributed by atoms with Crippen LogP contribution in [0, 0.1) is 0 Å². The molecule has 0 bridgehead atoms. The molecule has 0 aliphatic rings. The van der Waals surface area contributed by atoms with Crippen molar-refractivity contribution in [2.45, 2.75) is 40.0 Å². The van der Waals surface area contributed by atoms with Gasteiger partial charge in [-0.15, -0.1) is 0 Å². The number of aryl methyl sites for hydroxylation is 1. The van der Waals surface area contributed by atoms with Gasteiger partial charge in [-0.25, -0.2) is 16.8 Å². The van der Waals surface area contributed by atoms with Crippen LogP contribution in [0.3, 0.4) is 0 Å². The van der Waals surface area contributed by atoms with Crippen LogP contribution < -0.4 is 14.2 Å². The highest BCUT2D eigenvalue weighted by Gasteiger charge is 2.24. The minimum absolute atomic E-state index is 0.158. The predicted octanol–water partition coefficient (Wildman–Crippen LogP) is 4.47. The van der Waals surface area contributed by atoms with Gasteiger partial charge in [-0.3, -0.25) is 14.2 Å². The smallest absolute Gasteiger partial charge is 0.229 e. The zero-order valence-corrected chi connectivity index (χ0v) is 24.7. The van der Waals surface area contributed by atoms with Crippen molar-refractivity contribution in [2.24, 2.45) is 0 Å². The van der Waals surface area contributed by atoms with Crippen molar-refractivity contribution in [3.8, 4) is 5.75 Å². The Morgan fingerprint density at radius 3 is 2.26 bits per heavy atom. The summed E-state index contributed by atoms with van der Waals surface area (Å²) < 4.78 is 64.6.